The van der Waals surface area contributed by atoms with E-state index >= 15 is 0 Å². The van der Waals surface area contributed by atoms with Crippen LogP contribution in [0.1, 0.15) is 13.3 Å². The van der Waals surface area contributed by atoms with Gasteiger partial charge in [-0.2, -0.15) is 5.10 Å². The van der Waals surface area contributed by atoms with Gasteiger partial charge < -0.3 is 5.32 Å². The zero-order valence-corrected chi connectivity index (χ0v) is 11.0. The lowest BCUT2D eigenvalue weighted by Gasteiger charge is -2.07. The smallest absolute Gasteiger partial charge is 0.284 e. The molecule has 88 valence electrons. The first-order valence-corrected chi connectivity index (χ1v) is 5.82. The quantitative estimate of drug-likeness (QED) is 0.675. The van der Waals surface area contributed by atoms with Gasteiger partial charge in [-0.15, -0.1) is 18.3 Å². The molecule has 1 heterocycles. The van der Waals surface area contributed by atoms with Gasteiger partial charge in [0.25, 0.3) is 5.56 Å². The van der Waals surface area contributed by atoms with Crippen molar-refractivity contribution >= 4 is 21.6 Å². The van der Waals surface area contributed by atoms with Gasteiger partial charge in [-0.05, 0) is 22.9 Å². The molecule has 0 fully saturated rings. The van der Waals surface area contributed by atoms with Crippen LogP contribution in [0.4, 0.5) is 5.69 Å². The van der Waals surface area contributed by atoms with Crippen LogP contribution in [0.5, 0.6) is 0 Å². The first-order valence-electron chi connectivity index (χ1n) is 5.03. The minimum Gasteiger partial charge on any atom is -0.382 e. The Bertz CT molecular complexity index is 546. The van der Waals surface area contributed by atoms with Crippen molar-refractivity contribution in [3.63, 3.8) is 0 Å². The molecule has 0 aromatic carbocycles. The zero-order chi connectivity index (χ0) is 12.7. The third-order valence-electron chi connectivity index (χ3n) is 1.97. The highest BCUT2D eigenvalue weighted by Gasteiger charge is 2.07. The average Bonchev–Trinajstić information content (AvgIpc) is 2.33. The van der Waals surface area contributed by atoms with Crippen molar-refractivity contribution < 1.29 is 0 Å². The SMILES string of the molecule is C#CCn1ncc(NCCC#CC)c(Br)c1=O. The van der Waals surface area contributed by atoms with Gasteiger partial charge in [0.15, 0.2) is 0 Å². The van der Waals surface area contributed by atoms with Crippen LogP contribution >= 0.6 is 15.9 Å². The van der Waals surface area contributed by atoms with Gasteiger partial charge in [-0.3, -0.25) is 4.79 Å². The van der Waals surface area contributed by atoms with Crippen molar-refractivity contribution in [1.29, 1.82) is 0 Å². The molecule has 0 aliphatic rings. The summed E-state index contributed by atoms with van der Waals surface area (Å²) in [5.74, 6) is 8.10. The Kier molecular flexibility index (Phi) is 5.32. The molecular formula is C12H12BrN3O. The second-order valence-electron chi connectivity index (χ2n) is 3.14. The molecule has 0 radical (unpaired) electrons. The average molecular weight is 294 g/mol. The number of terminal acetylenes is 1. The van der Waals surface area contributed by atoms with E-state index in [1.54, 1.807) is 13.1 Å². The molecule has 0 unspecified atom stereocenters. The minimum atomic E-state index is -0.241. The van der Waals surface area contributed by atoms with Gasteiger partial charge in [0.1, 0.15) is 11.0 Å². The summed E-state index contributed by atoms with van der Waals surface area (Å²) in [4.78, 5) is 11.8. The number of aromatic nitrogens is 2. The molecule has 0 aliphatic heterocycles. The monoisotopic (exact) mass is 293 g/mol. The number of nitrogens with one attached hydrogen (secondary N) is 1. The summed E-state index contributed by atoms with van der Waals surface area (Å²) in [6.07, 6.45) is 7.43. The predicted octanol–water partition coefficient (Wildman–Crippen LogP) is 1.46. The molecule has 1 N–H and O–H groups in total. The fourth-order valence-corrected chi connectivity index (χ4v) is 1.62. The van der Waals surface area contributed by atoms with Gasteiger partial charge in [-0.25, -0.2) is 4.68 Å². The van der Waals surface area contributed by atoms with Crippen molar-refractivity contribution in [2.24, 2.45) is 0 Å². The lowest BCUT2D eigenvalue weighted by atomic mass is 10.4. The highest BCUT2D eigenvalue weighted by molar-refractivity contribution is 9.10. The predicted molar refractivity (Wildman–Crippen MR) is 71.6 cm³/mol. The molecule has 0 amide bonds. The normalized spacial score (nSPS) is 9.00. The standard InChI is InChI=1S/C12H12BrN3O/c1-3-5-6-7-14-10-9-15-16(8-4-2)12(17)11(10)13/h2,9,14H,6-8H2,1H3. The molecule has 1 rings (SSSR count). The number of anilines is 1. The van der Waals surface area contributed by atoms with E-state index in [0.717, 1.165) is 6.42 Å². The van der Waals surface area contributed by atoms with Crippen LogP contribution in [0, 0.1) is 24.2 Å². The van der Waals surface area contributed by atoms with Crippen LogP contribution in [0.25, 0.3) is 0 Å². The number of rotatable bonds is 4. The molecular weight excluding hydrogens is 282 g/mol. The summed E-state index contributed by atoms with van der Waals surface area (Å²) in [5, 5.41) is 7.04. The van der Waals surface area contributed by atoms with Crippen molar-refractivity contribution in [2.75, 3.05) is 11.9 Å². The Balaban J connectivity index is 2.81. The number of hydrogen-bond acceptors (Lipinski definition) is 3. The van der Waals surface area contributed by atoms with Crippen LogP contribution in [-0.2, 0) is 6.54 Å². The van der Waals surface area contributed by atoms with Gasteiger partial charge >= 0.3 is 0 Å². The summed E-state index contributed by atoms with van der Waals surface area (Å²) in [5.41, 5.74) is 0.413. The number of hydrogen-bond donors (Lipinski definition) is 1. The van der Waals surface area contributed by atoms with Crippen LogP contribution in [0.2, 0.25) is 0 Å². The maximum atomic E-state index is 11.8. The second kappa shape index (κ2) is 6.78. The number of halogens is 1. The van der Waals surface area contributed by atoms with E-state index in [-0.39, 0.29) is 12.1 Å². The van der Waals surface area contributed by atoms with E-state index < -0.39 is 0 Å². The number of nitrogens with zero attached hydrogens (tertiary/aromatic N) is 2. The van der Waals surface area contributed by atoms with Gasteiger partial charge in [0, 0.05) is 13.0 Å². The third-order valence-corrected chi connectivity index (χ3v) is 2.73. The lowest BCUT2D eigenvalue weighted by Crippen LogP contribution is -2.24. The molecule has 0 spiro atoms. The van der Waals surface area contributed by atoms with Crippen LogP contribution in [0.3, 0.4) is 0 Å². The Morgan fingerprint density at radius 1 is 1.65 bits per heavy atom. The van der Waals surface area contributed by atoms with E-state index in [1.807, 2.05) is 0 Å². The fraction of sp³-hybridized carbons (Fsp3) is 0.333. The van der Waals surface area contributed by atoms with Crippen molar-refractivity contribution in [3.8, 4) is 24.2 Å². The van der Waals surface area contributed by atoms with E-state index in [1.165, 1.54) is 4.68 Å². The lowest BCUT2D eigenvalue weighted by molar-refractivity contribution is 0.659. The Morgan fingerprint density at radius 2 is 2.41 bits per heavy atom. The summed E-state index contributed by atoms with van der Waals surface area (Å²) in [6, 6.07) is 0. The van der Waals surface area contributed by atoms with E-state index in [0.29, 0.717) is 16.7 Å². The first-order chi connectivity index (χ1) is 8.20. The Labute approximate surface area is 109 Å². The molecule has 5 heteroatoms. The largest absolute Gasteiger partial charge is 0.382 e. The molecule has 0 aliphatic carbocycles. The highest BCUT2D eigenvalue weighted by Crippen LogP contribution is 2.15. The van der Waals surface area contributed by atoms with Crippen LogP contribution in [0.15, 0.2) is 15.5 Å². The van der Waals surface area contributed by atoms with E-state index in [9.17, 15) is 4.79 Å². The topological polar surface area (TPSA) is 46.9 Å². The maximum absolute atomic E-state index is 11.8. The summed E-state index contributed by atoms with van der Waals surface area (Å²) >= 11 is 3.23. The Morgan fingerprint density at radius 3 is 3.06 bits per heavy atom. The summed E-state index contributed by atoms with van der Waals surface area (Å²) < 4.78 is 1.66. The summed E-state index contributed by atoms with van der Waals surface area (Å²) in [7, 11) is 0. The zero-order valence-electron chi connectivity index (χ0n) is 9.46. The second-order valence-corrected chi connectivity index (χ2v) is 3.94. The fourth-order valence-electron chi connectivity index (χ4n) is 1.17. The van der Waals surface area contributed by atoms with Gasteiger partial charge in [-0.1, -0.05) is 5.92 Å². The molecule has 0 saturated heterocycles. The third kappa shape index (κ3) is 3.65. The van der Waals surface area contributed by atoms with Crippen molar-refractivity contribution in [1.82, 2.24) is 9.78 Å². The van der Waals surface area contributed by atoms with Crippen molar-refractivity contribution in [3.05, 3.63) is 21.0 Å². The minimum absolute atomic E-state index is 0.166. The van der Waals surface area contributed by atoms with E-state index in [2.05, 4.69) is 44.1 Å². The maximum Gasteiger partial charge on any atom is 0.284 e. The summed E-state index contributed by atoms with van der Waals surface area (Å²) in [6.45, 7) is 2.62. The van der Waals surface area contributed by atoms with Gasteiger partial charge in [0.05, 0.1) is 11.9 Å². The van der Waals surface area contributed by atoms with E-state index in [4.69, 9.17) is 6.42 Å². The molecule has 17 heavy (non-hydrogen) atoms. The first kappa shape index (κ1) is 13.3. The van der Waals surface area contributed by atoms with Crippen molar-refractivity contribution in [2.45, 2.75) is 19.9 Å². The molecule has 1 aromatic rings. The molecule has 0 saturated carbocycles. The molecule has 1 aromatic heterocycles. The Hall–Kier alpha value is -1.72. The van der Waals surface area contributed by atoms with Gasteiger partial charge in [0.2, 0.25) is 0 Å². The van der Waals surface area contributed by atoms with Crippen LogP contribution in [-0.4, -0.2) is 16.3 Å². The molecule has 0 atom stereocenters. The van der Waals surface area contributed by atoms with Crippen LogP contribution < -0.4 is 10.9 Å². The molecule has 4 nitrogen and oxygen atoms in total. The highest BCUT2D eigenvalue weighted by atomic mass is 79.9. The molecule has 0 bridgehead atoms.